The number of nitrogens with zero attached hydrogens (tertiary/aromatic N) is 3. The number of aryl methyl sites for hydroxylation is 1. The summed E-state index contributed by atoms with van der Waals surface area (Å²) in [6.07, 6.45) is 1.53. The van der Waals surface area contributed by atoms with Crippen molar-refractivity contribution in [2.75, 3.05) is 6.61 Å². The van der Waals surface area contributed by atoms with Crippen LogP contribution in [0.15, 0.2) is 64.5 Å². The largest absolute Gasteiger partial charge is 0.506 e. The number of fused-ring (bicyclic) bond motifs is 1. The Labute approximate surface area is 203 Å². The van der Waals surface area contributed by atoms with E-state index < -0.39 is 0 Å². The molecule has 7 heteroatoms. The lowest BCUT2D eigenvalue weighted by Crippen LogP contribution is -2.20. The molecule has 0 radical (unpaired) electrons. The van der Waals surface area contributed by atoms with E-state index in [1.165, 1.54) is 17.0 Å². The minimum atomic E-state index is -0.277. The summed E-state index contributed by atoms with van der Waals surface area (Å²) in [5.74, 6) is 1.46. The van der Waals surface area contributed by atoms with Gasteiger partial charge in [-0.3, -0.25) is 4.79 Å². The van der Waals surface area contributed by atoms with E-state index in [1.807, 2.05) is 38.1 Å². The van der Waals surface area contributed by atoms with E-state index in [-0.39, 0.29) is 22.2 Å². The molecule has 3 aromatic carbocycles. The van der Waals surface area contributed by atoms with Gasteiger partial charge in [-0.25, -0.2) is 4.98 Å². The molecule has 0 aliphatic carbocycles. The van der Waals surface area contributed by atoms with Crippen molar-refractivity contribution in [2.24, 2.45) is 5.10 Å². The first-order valence-electron chi connectivity index (χ1n) is 11.1. The summed E-state index contributed by atoms with van der Waals surface area (Å²) in [6.45, 7) is 8.70. The first kappa shape index (κ1) is 23.5. The van der Waals surface area contributed by atoms with Gasteiger partial charge in [-0.1, -0.05) is 37.6 Å². The molecular weight excluding hydrogens is 450 g/mol. The number of rotatable bonds is 6. The highest BCUT2D eigenvalue weighted by Crippen LogP contribution is 2.34. The Morgan fingerprint density at radius 1 is 1.18 bits per heavy atom. The first-order chi connectivity index (χ1) is 16.3. The molecule has 0 aliphatic rings. The molecule has 6 nitrogen and oxygen atoms in total. The van der Waals surface area contributed by atoms with Crippen molar-refractivity contribution in [3.8, 4) is 22.9 Å². The van der Waals surface area contributed by atoms with Crippen LogP contribution in [0.3, 0.4) is 0 Å². The molecule has 1 aromatic heterocycles. The molecule has 0 bridgehead atoms. The van der Waals surface area contributed by atoms with Crippen molar-refractivity contribution >= 4 is 28.7 Å². The van der Waals surface area contributed by atoms with Crippen LogP contribution < -0.4 is 10.3 Å². The number of aromatic nitrogens is 2. The lowest BCUT2D eigenvalue weighted by Gasteiger charge is -2.18. The zero-order valence-electron chi connectivity index (χ0n) is 19.5. The minimum Gasteiger partial charge on any atom is -0.506 e. The number of benzene rings is 3. The van der Waals surface area contributed by atoms with Crippen molar-refractivity contribution in [1.82, 2.24) is 9.66 Å². The zero-order valence-corrected chi connectivity index (χ0v) is 20.3. The van der Waals surface area contributed by atoms with Gasteiger partial charge in [0.05, 0.1) is 28.7 Å². The molecule has 0 aliphatic heterocycles. The number of phenols is 1. The zero-order chi connectivity index (χ0) is 24.4. The number of hydrogen-bond donors (Lipinski definition) is 1. The molecular formula is C27H26ClN3O3. The Kier molecular flexibility index (Phi) is 6.70. The van der Waals surface area contributed by atoms with Gasteiger partial charge in [-0.15, -0.1) is 0 Å². The molecule has 0 spiro atoms. The molecule has 1 N–H and O–H groups in total. The second kappa shape index (κ2) is 9.69. The third kappa shape index (κ3) is 4.54. The number of ether oxygens (including phenoxy) is 1. The number of para-hydroxylation sites is 1. The van der Waals surface area contributed by atoms with Gasteiger partial charge < -0.3 is 9.84 Å². The van der Waals surface area contributed by atoms with Gasteiger partial charge >= 0.3 is 0 Å². The van der Waals surface area contributed by atoms with Crippen molar-refractivity contribution < 1.29 is 9.84 Å². The van der Waals surface area contributed by atoms with Crippen molar-refractivity contribution in [3.05, 3.63) is 86.7 Å². The Bertz CT molecular complexity index is 1460. The number of hydrogen-bond acceptors (Lipinski definition) is 5. The monoisotopic (exact) mass is 475 g/mol. The Morgan fingerprint density at radius 3 is 2.65 bits per heavy atom. The molecule has 34 heavy (non-hydrogen) atoms. The van der Waals surface area contributed by atoms with Gasteiger partial charge in [0.25, 0.3) is 5.56 Å². The summed E-state index contributed by atoms with van der Waals surface area (Å²) in [4.78, 5) is 18.3. The maximum atomic E-state index is 13.5. The summed E-state index contributed by atoms with van der Waals surface area (Å²) < 4.78 is 7.18. The van der Waals surface area contributed by atoms with E-state index in [4.69, 9.17) is 21.3 Å². The van der Waals surface area contributed by atoms with Crippen molar-refractivity contribution in [3.63, 3.8) is 0 Å². The second-order valence-corrected chi connectivity index (χ2v) is 8.72. The van der Waals surface area contributed by atoms with Crippen LogP contribution in [0.25, 0.3) is 22.3 Å². The van der Waals surface area contributed by atoms with Crippen LogP contribution in [0.2, 0.25) is 5.02 Å². The normalized spacial score (nSPS) is 11.6. The molecule has 0 fully saturated rings. The first-order valence-corrected chi connectivity index (χ1v) is 11.5. The summed E-state index contributed by atoms with van der Waals surface area (Å²) in [5, 5.41) is 14.9. The van der Waals surface area contributed by atoms with Crippen molar-refractivity contribution in [2.45, 2.75) is 33.6 Å². The predicted octanol–water partition coefficient (Wildman–Crippen LogP) is 6.14. The maximum absolute atomic E-state index is 13.5. The summed E-state index contributed by atoms with van der Waals surface area (Å²) in [6, 6.07) is 16.0. The lowest BCUT2D eigenvalue weighted by atomic mass is 9.96. The van der Waals surface area contributed by atoms with Crippen LogP contribution >= 0.6 is 11.6 Å². The maximum Gasteiger partial charge on any atom is 0.282 e. The van der Waals surface area contributed by atoms with Crippen LogP contribution in [0.4, 0.5) is 0 Å². The molecule has 174 valence electrons. The van der Waals surface area contributed by atoms with Crippen molar-refractivity contribution in [1.29, 1.82) is 0 Å². The standard InChI is InChI=1S/C27H26ClN3O3/c1-5-34-25-12-17(4)21(14-20(25)16(2)3)26-30-23-9-7-6-8-19(23)27(33)31(26)29-15-18-10-11-24(32)22(28)13-18/h6-16,32H,5H2,1-4H3. The van der Waals surface area contributed by atoms with E-state index in [2.05, 4.69) is 18.9 Å². The SMILES string of the molecule is CCOc1cc(C)c(-c2nc3ccccc3c(=O)n2N=Cc2ccc(O)c(Cl)c2)cc1C(C)C. The fraction of sp³-hybridized carbons (Fsp3) is 0.222. The predicted molar refractivity (Wildman–Crippen MR) is 138 cm³/mol. The summed E-state index contributed by atoms with van der Waals surface area (Å²) in [5.41, 5.74) is 3.72. The third-order valence-corrected chi connectivity index (χ3v) is 5.87. The average Bonchev–Trinajstić information content (AvgIpc) is 2.81. The van der Waals surface area contributed by atoms with Gasteiger partial charge in [0.1, 0.15) is 11.5 Å². The molecule has 4 rings (SSSR count). The average molecular weight is 476 g/mol. The lowest BCUT2D eigenvalue weighted by molar-refractivity contribution is 0.335. The summed E-state index contributed by atoms with van der Waals surface area (Å²) >= 11 is 6.04. The Morgan fingerprint density at radius 2 is 1.94 bits per heavy atom. The molecule has 4 aromatic rings. The topological polar surface area (TPSA) is 76.7 Å². The van der Waals surface area contributed by atoms with Crippen LogP contribution in [0.5, 0.6) is 11.5 Å². The highest BCUT2D eigenvalue weighted by atomic mass is 35.5. The highest BCUT2D eigenvalue weighted by Gasteiger charge is 2.18. The third-order valence-electron chi connectivity index (χ3n) is 5.57. The van der Waals surface area contributed by atoms with E-state index in [9.17, 15) is 9.90 Å². The molecule has 0 amide bonds. The molecule has 0 saturated heterocycles. The quantitative estimate of drug-likeness (QED) is 0.340. The number of aromatic hydroxyl groups is 1. The van der Waals surface area contributed by atoms with Crippen LogP contribution in [-0.4, -0.2) is 27.6 Å². The van der Waals surface area contributed by atoms with Gasteiger partial charge in [0.2, 0.25) is 0 Å². The minimum absolute atomic E-state index is 0.0183. The molecule has 0 unspecified atom stereocenters. The smallest absolute Gasteiger partial charge is 0.282 e. The van der Waals surface area contributed by atoms with E-state index >= 15 is 0 Å². The van der Waals surface area contributed by atoms with Gasteiger partial charge in [-0.05, 0) is 78.9 Å². The number of halogens is 1. The molecule has 0 saturated carbocycles. The van der Waals surface area contributed by atoms with E-state index in [1.54, 1.807) is 24.3 Å². The molecule has 1 heterocycles. The van der Waals surface area contributed by atoms with Gasteiger partial charge in [-0.2, -0.15) is 9.78 Å². The van der Waals surface area contributed by atoms with E-state index in [0.717, 1.165) is 22.4 Å². The summed E-state index contributed by atoms with van der Waals surface area (Å²) in [7, 11) is 0. The van der Waals surface area contributed by atoms with E-state index in [0.29, 0.717) is 28.9 Å². The Balaban J connectivity index is 1.97. The van der Waals surface area contributed by atoms with Crippen LogP contribution in [-0.2, 0) is 0 Å². The number of phenolic OH excluding ortho intramolecular Hbond substituents is 1. The van der Waals surface area contributed by atoms with Crippen LogP contribution in [0.1, 0.15) is 43.4 Å². The second-order valence-electron chi connectivity index (χ2n) is 8.32. The van der Waals surface area contributed by atoms with Crippen LogP contribution in [0, 0.1) is 6.92 Å². The fourth-order valence-corrected chi connectivity index (χ4v) is 3.99. The molecule has 0 atom stereocenters. The Hall–Kier alpha value is -3.64. The highest BCUT2D eigenvalue weighted by molar-refractivity contribution is 6.32. The fourth-order valence-electron chi connectivity index (χ4n) is 3.80. The van der Waals surface area contributed by atoms with Gasteiger partial charge in [0.15, 0.2) is 5.82 Å². The van der Waals surface area contributed by atoms with Gasteiger partial charge in [0, 0.05) is 5.56 Å².